The van der Waals surface area contributed by atoms with Crippen molar-refractivity contribution in [2.45, 2.75) is 33.2 Å². The van der Waals surface area contributed by atoms with Gasteiger partial charge in [-0.25, -0.2) is 0 Å². The van der Waals surface area contributed by atoms with Crippen molar-refractivity contribution >= 4 is 5.91 Å². The average molecular weight is 265 g/mol. The predicted molar refractivity (Wildman–Crippen MR) is 75.4 cm³/mol. The van der Waals surface area contributed by atoms with Crippen LogP contribution in [0.3, 0.4) is 0 Å². The largest absolute Gasteiger partial charge is 0.493 e. The SMILES string of the molecule is CC(C)COc1ccc(C(=O)NC(C)CCO)cc1. The molecule has 0 spiro atoms. The van der Waals surface area contributed by atoms with E-state index in [1.807, 2.05) is 6.92 Å². The van der Waals surface area contributed by atoms with Crippen molar-refractivity contribution in [3.63, 3.8) is 0 Å². The fourth-order valence-corrected chi connectivity index (χ4v) is 1.54. The third kappa shape index (κ3) is 5.75. The van der Waals surface area contributed by atoms with Gasteiger partial charge in [0.15, 0.2) is 0 Å². The third-order valence-electron chi connectivity index (χ3n) is 2.64. The first-order valence-corrected chi connectivity index (χ1v) is 6.67. The summed E-state index contributed by atoms with van der Waals surface area (Å²) in [6.45, 7) is 6.78. The number of aliphatic hydroxyl groups is 1. The van der Waals surface area contributed by atoms with Crippen molar-refractivity contribution in [3.05, 3.63) is 29.8 Å². The van der Waals surface area contributed by atoms with Crippen LogP contribution in [0.25, 0.3) is 0 Å². The van der Waals surface area contributed by atoms with Gasteiger partial charge in [-0.1, -0.05) is 13.8 Å². The van der Waals surface area contributed by atoms with Crippen LogP contribution in [0.1, 0.15) is 37.6 Å². The van der Waals surface area contributed by atoms with E-state index in [-0.39, 0.29) is 18.6 Å². The minimum atomic E-state index is -0.128. The van der Waals surface area contributed by atoms with Crippen LogP contribution in [0.5, 0.6) is 5.75 Å². The van der Waals surface area contributed by atoms with Gasteiger partial charge in [0.25, 0.3) is 5.91 Å². The molecule has 0 heterocycles. The third-order valence-corrected chi connectivity index (χ3v) is 2.64. The molecular weight excluding hydrogens is 242 g/mol. The Morgan fingerprint density at radius 2 is 1.89 bits per heavy atom. The van der Waals surface area contributed by atoms with Crippen LogP contribution in [0, 0.1) is 5.92 Å². The molecule has 0 aromatic heterocycles. The van der Waals surface area contributed by atoms with E-state index in [0.717, 1.165) is 5.75 Å². The molecule has 0 saturated carbocycles. The van der Waals surface area contributed by atoms with Gasteiger partial charge in [0, 0.05) is 18.2 Å². The maximum Gasteiger partial charge on any atom is 0.251 e. The fourth-order valence-electron chi connectivity index (χ4n) is 1.54. The Balaban J connectivity index is 2.53. The minimum Gasteiger partial charge on any atom is -0.493 e. The van der Waals surface area contributed by atoms with Crippen LogP contribution in [-0.2, 0) is 0 Å². The molecule has 0 fully saturated rings. The molecular formula is C15H23NO3. The molecule has 1 rings (SSSR count). The van der Waals surface area contributed by atoms with Crippen molar-refractivity contribution in [1.82, 2.24) is 5.32 Å². The molecule has 1 atom stereocenters. The molecule has 4 nitrogen and oxygen atoms in total. The number of benzene rings is 1. The first kappa shape index (κ1) is 15.5. The molecule has 1 amide bonds. The molecule has 1 aromatic rings. The number of nitrogens with one attached hydrogen (secondary N) is 1. The van der Waals surface area contributed by atoms with Crippen LogP contribution in [0.15, 0.2) is 24.3 Å². The lowest BCUT2D eigenvalue weighted by Gasteiger charge is -2.13. The maximum atomic E-state index is 11.9. The summed E-state index contributed by atoms with van der Waals surface area (Å²) in [4.78, 5) is 11.9. The number of carbonyl (C=O) groups excluding carboxylic acids is 1. The summed E-state index contributed by atoms with van der Waals surface area (Å²) >= 11 is 0. The second-order valence-corrected chi connectivity index (χ2v) is 5.12. The first-order valence-electron chi connectivity index (χ1n) is 6.67. The molecule has 0 saturated heterocycles. The Hall–Kier alpha value is -1.55. The van der Waals surface area contributed by atoms with Gasteiger partial charge in [0.1, 0.15) is 5.75 Å². The molecule has 0 aliphatic carbocycles. The van der Waals surface area contributed by atoms with E-state index >= 15 is 0 Å². The summed E-state index contributed by atoms with van der Waals surface area (Å²) in [7, 11) is 0. The number of aliphatic hydroxyl groups excluding tert-OH is 1. The monoisotopic (exact) mass is 265 g/mol. The van der Waals surface area contributed by atoms with Gasteiger partial charge >= 0.3 is 0 Å². The van der Waals surface area contributed by atoms with Crippen LogP contribution in [-0.4, -0.2) is 30.3 Å². The van der Waals surface area contributed by atoms with Crippen molar-refractivity contribution in [3.8, 4) is 5.75 Å². The highest BCUT2D eigenvalue weighted by atomic mass is 16.5. The summed E-state index contributed by atoms with van der Waals surface area (Å²) in [5, 5.41) is 11.6. The summed E-state index contributed by atoms with van der Waals surface area (Å²) in [5.41, 5.74) is 0.599. The second-order valence-electron chi connectivity index (χ2n) is 5.12. The molecule has 0 aliphatic heterocycles. The summed E-state index contributed by atoms with van der Waals surface area (Å²) < 4.78 is 5.56. The minimum absolute atomic E-state index is 0.0330. The molecule has 106 valence electrons. The molecule has 0 radical (unpaired) electrons. The van der Waals surface area contributed by atoms with E-state index < -0.39 is 0 Å². The summed E-state index contributed by atoms with van der Waals surface area (Å²) in [6, 6.07) is 7.06. The van der Waals surface area contributed by atoms with E-state index in [2.05, 4.69) is 19.2 Å². The molecule has 19 heavy (non-hydrogen) atoms. The lowest BCUT2D eigenvalue weighted by Crippen LogP contribution is -2.33. The highest BCUT2D eigenvalue weighted by Crippen LogP contribution is 2.13. The topological polar surface area (TPSA) is 58.6 Å². The maximum absolute atomic E-state index is 11.9. The molecule has 4 heteroatoms. The van der Waals surface area contributed by atoms with E-state index in [4.69, 9.17) is 9.84 Å². The number of amides is 1. The first-order chi connectivity index (χ1) is 9.02. The van der Waals surface area contributed by atoms with E-state index in [9.17, 15) is 4.79 Å². The van der Waals surface area contributed by atoms with E-state index in [1.54, 1.807) is 24.3 Å². The quantitative estimate of drug-likeness (QED) is 0.794. The Morgan fingerprint density at radius 1 is 1.26 bits per heavy atom. The average Bonchev–Trinajstić information content (AvgIpc) is 2.37. The zero-order chi connectivity index (χ0) is 14.3. The number of ether oxygens (including phenoxy) is 1. The van der Waals surface area contributed by atoms with Gasteiger partial charge < -0.3 is 15.2 Å². The lowest BCUT2D eigenvalue weighted by molar-refractivity contribution is 0.0934. The van der Waals surface area contributed by atoms with E-state index in [0.29, 0.717) is 24.5 Å². The fraction of sp³-hybridized carbons (Fsp3) is 0.533. The Kier molecular flexibility index (Phi) is 6.36. The number of hydrogen-bond acceptors (Lipinski definition) is 3. The van der Waals surface area contributed by atoms with Crippen LogP contribution in [0.4, 0.5) is 0 Å². The molecule has 1 aromatic carbocycles. The molecule has 1 unspecified atom stereocenters. The zero-order valence-electron chi connectivity index (χ0n) is 11.8. The smallest absolute Gasteiger partial charge is 0.251 e. The summed E-state index contributed by atoms with van der Waals surface area (Å²) in [6.07, 6.45) is 0.557. The van der Waals surface area contributed by atoms with Gasteiger partial charge in [0.05, 0.1) is 6.61 Å². The summed E-state index contributed by atoms with van der Waals surface area (Å²) in [5.74, 6) is 1.12. The Labute approximate surface area is 114 Å². The molecule has 0 aliphatic rings. The number of rotatable bonds is 7. The van der Waals surface area contributed by atoms with Crippen LogP contribution >= 0.6 is 0 Å². The van der Waals surface area contributed by atoms with Crippen molar-refractivity contribution < 1.29 is 14.6 Å². The van der Waals surface area contributed by atoms with Crippen molar-refractivity contribution in [2.75, 3.05) is 13.2 Å². The lowest BCUT2D eigenvalue weighted by atomic mass is 10.1. The van der Waals surface area contributed by atoms with Gasteiger partial charge in [0.2, 0.25) is 0 Å². The standard InChI is InChI=1S/C15H23NO3/c1-11(2)10-19-14-6-4-13(5-7-14)15(18)16-12(3)8-9-17/h4-7,11-12,17H,8-10H2,1-3H3,(H,16,18). The van der Waals surface area contributed by atoms with Gasteiger partial charge in [-0.05, 0) is 43.5 Å². The Morgan fingerprint density at radius 3 is 2.42 bits per heavy atom. The molecule has 2 N–H and O–H groups in total. The van der Waals surface area contributed by atoms with Gasteiger partial charge in [-0.15, -0.1) is 0 Å². The van der Waals surface area contributed by atoms with Crippen LogP contribution < -0.4 is 10.1 Å². The van der Waals surface area contributed by atoms with Crippen molar-refractivity contribution in [1.29, 1.82) is 0 Å². The second kappa shape index (κ2) is 7.79. The van der Waals surface area contributed by atoms with E-state index in [1.165, 1.54) is 0 Å². The van der Waals surface area contributed by atoms with Gasteiger partial charge in [-0.3, -0.25) is 4.79 Å². The Bertz CT molecular complexity index is 387. The normalized spacial score (nSPS) is 12.3. The number of carbonyl (C=O) groups is 1. The van der Waals surface area contributed by atoms with Gasteiger partial charge in [-0.2, -0.15) is 0 Å². The predicted octanol–water partition coefficient (Wildman–Crippen LogP) is 2.22. The molecule has 0 bridgehead atoms. The number of hydrogen-bond donors (Lipinski definition) is 2. The van der Waals surface area contributed by atoms with Crippen molar-refractivity contribution in [2.24, 2.45) is 5.92 Å². The highest BCUT2D eigenvalue weighted by molar-refractivity contribution is 5.94. The highest BCUT2D eigenvalue weighted by Gasteiger charge is 2.09. The van der Waals surface area contributed by atoms with Crippen LogP contribution in [0.2, 0.25) is 0 Å². The zero-order valence-corrected chi connectivity index (χ0v) is 11.8.